The number of hydrogen-bond donors (Lipinski definition) is 0. The smallest absolute Gasteiger partial charge is 0.325 e. The van der Waals surface area contributed by atoms with Gasteiger partial charge in [-0.25, -0.2) is 13.2 Å². The SMILES string of the molecule is CCOc1ccc(N2C(=O)N(Cc3ccc(C#N)cc3)[C@H]3CS(=O)(=O)C[C@@H]32)cc1. The van der Waals surface area contributed by atoms with E-state index in [0.717, 1.165) is 5.56 Å². The summed E-state index contributed by atoms with van der Waals surface area (Å²) < 4.78 is 30.1. The number of ether oxygens (including phenoxy) is 1. The Bertz CT molecular complexity index is 1060. The van der Waals surface area contributed by atoms with Gasteiger partial charge < -0.3 is 9.64 Å². The molecule has 7 nitrogen and oxygen atoms in total. The van der Waals surface area contributed by atoms with Crippen molar-refractivity contribution >= 4 is 21.6 Å². The van der Waals surface area contributed by atoms with E-state index in [1.807, 2.05) is 6.92 Å². The highest BCUT2D eigenvalue weighted by Crippen LogP contribution is 2.36. The highest BCUT2D eigenvalue weighted by molar-refractivity contribution is 7.91. The first-order valence-electron chi connectivity index (χ1n) is 9.44. The third-order valence-electron chi connectivity index (χ3n) is 5.34. The molecule has 0 radical (unpaired) electrons. The second kappa shape index (κ2) is 7.41. The van der Waals surface area contributed by atoms with Crippen molar-refractivity contribution in [1.82, 2.24) is 4.90 Å². The van der Waals surface area contributed by atoms with Crippen LogP contribution in [0.2, 0.25) is 0 Å². The van der Waals surface area contributed by atoms with E-state index in [9.17, 15) is 13.2 Å². The maximum absolute atomic E-state index is 13.2. The molecule has 0 bridgehead atoms. The molecular weight excluding hydrogens is 390 g/mol. The summed E-state index contributed by atoms with van der Waals surface area (Å²) in [5.41, 5.74) is 2.06. The lowest BCUT2D eigenvalue weighted by Crippen LogP contribution is -2.37. The number of carbonyl (C=O) groups excluding carboxylic acids is 1. The minimum absolute atomic E-state index is 0.0345. The van der Waals surface area contributed by atoms with Crippen LogP contribution in [0.15, 0.2) is 48.5 Å². The van der Waals surface area contributed by atoms with E-state index in [2.05, 4.69) is 6.07 Å². The van der Waals surface area contributed by atoms with E-state index in [1.165, 1.54) is 0 Å². The predicted octanol–water partition coefficient (Wildman–Crippen LogP) is 2.56. The van der Waals surface area contributed by atoms with Gasteiger partial charge in [0.15, 0.2) is 9.84 Å². The molecule has 2 aromatic rings. The Morgan fingerprint density at radius 1 is 1.07 bits per heavy atom. The standard InChI is InChI=1S/C21H21N3O4S/c1-2-28-18-9-7-17(8-10-18)24-20-14-29(26,27)13-19(20)23(21(24)25)12-16-5-3-15(11-22)4-6-16/h3-10,19-20H,2,12-14H2,1H3/t19-,20-/m0/s1. The number of anilines is 1. The number of nitriles is 1. The van der Waals surface area contributed by atoms with Gasteiger partial charge in [0.2, 0.25) is 0 Å². The summed E-state index contributed by atoms with van der Waals surface area (Å²) in [4.78, 5) is 16.5. The second-order valence-electron chi connectivity index (χ2n) is 7.23. The van der Waals surface area contributed by atoms with Gasteiger partial charge in [-0.3, -0.25) is 4.90 Å². The van der Waals surface area contributed by atoms with Crippen LogP contribution >= 0.6 is 0 Å². The van der Waals surface area contributed by atoms with Gasteiger partial charge in [0.25, 0.3) is 0 Å². The molecule has 2 fully saturated rings. The Morgan fingerprint density at radius 3 is 2.34 bits per heavy atom. The van der Waals surface area contributed by atoms with Crippen LogP contribution in [0.25, 0.3) is 0 Å². The molecule has 2 aliphatic heterocycles. The Morgan fingerprint density at radius 2 is 1.72 bits per heavy atom. The number of sulfone groups is 1. The Hall–Kier alpha value is -3.05. The monoisotopic (exact) mass is 411 g/mol. The average Bonchev–Trinajstić information content (AvgIpc) is 3.14. The molecule has 2 saturated heterocycles. The number of fused-ring (bicyclic) bond motifs is 1. The van der Waals surface area contributed by atoms with Gasteiger partial charge in [-0.05, 0) is 48.9 Å². The zero-order chi connectivity index (χ0) is 20.6. The van der Waals surface area contributed by atoms with Crippen LogP contribution in [-0.4, -0.2) is 49.5 Å². The topological polar surface area (TPSA) is 90.7 Å². The first-order valence-corrected chi connectivity index (χ1v) is 11.3. The fourth-order valence-corrected chi connectivity index (χ4v) is 5.96. The molecule has 0 aromatic heterocycles. The fourth-order valence-electron chi connectivity index (χ4n) is 4.01. The number of hydrogen-bond acceptors (Lipinski definition) is 5. The zero-order valence-corrected chi connectivity index (χ0v) is 16.8. The average molecular weight is 411 g/mol. The first-order chi connectivity index (χ1) is 13.9. The molecule has 0 spiro atoms. The molecular formula is C21H21N3O4S. The highest BCUT2D eigenvalue weighted by atomic mass is 32.2. The third kappa shape index (κ3) is 3.66. The molecule has 4 rings (SSSR count). The molecule has 150 valence electrons. The van der Waals surface area contributed by atoms with Crippen molar-refractivity contribution < 1.29 is 17.9 Å². The minimum atomic E-state index is -3.23. The lowest BCUT2D eigenvalue weighted by molar-refractivity contribution is 0.206. The van der Waals surface area contributed by atoms with Crippen molar-refractivity contribution in [2.24, 2.45) is 0 Å². The van der Waals surface area contributed by atoms with Crippen molar-refractivity contribution in [2.75, 3.05) is 23.0 Å². The fraction of sp³-hybridized carbons (Fsp3) is 0.333. The Balaban J connectivity index is 1.64. The van der Waals surface area contributed by atoms with Crippen LogP contribution in [0, 0.1) is 11.3 Å². The summed E-state index contributed by atoms with van der Waals surface area (Å²) in [5, 5.41) is 8.95. The Kier molecular flexibility index (Phi) is 4.92. The van der Waals surface area contributed by atoms with E-state index >= 15 is 0 Å². The van der Waals surface area contributed by atoms with E-state index in [4.69, 9.17) is 10.00 Å². The lowest BCUT2D eigenvalue weighted by Gasteiger charge is -2.23. The van der Waals surface area contributed by atoms with Crippen LogP contribution in [0.4, 0.5) is 10.5 Å². The quantitative estimate of drug-likeness (QED) is 0.706. The largest absolute Gasteiger partial charge is 0.494 e. The summed E-state index contributed by atoms with van der Waals surface area (Å²) in [6.45, 7) is 2.74. The van der Waals surface area contributed by atoms with Gasteiger partial charge in [0, 0.05) is 12.2 Å². The summed E-state index contributed by atoms with van der Waals surface area (Å²) in [7, 11) is -3.23. The van der Waals surface area contributed by atoms with Crippen molar-refractivity contribution in [2.45, 2.75) is 25.6 Å². The number of nitrogens with zero attached hydrogens (tertiary/aromatic N) is 3. The highest BCUT2D eigenvalue weighted by Gasteiger charge is 2.53. The van der Waals surface area contributed by atoms with Gasteiger partial charge in [0.05, 0.1) is 41.8 Å². The lowest BCUT2D eigenvalue weighted by atomic mass is 10.1. The van der Waals surface area contributed by atoms with E-state index < -0.39 is 21.9 Å². The second-order valence-corrected chi connectivity index (χ2v) is 9.38. The summed E-state index contributed by atoms with van der Waals surface area (Å²) >= 11 is 0. The van der Waals surface area contributed by atoms with Crippen molar-refractivity contribution in [1.29, 1.82) is 5.26 Å². The number of amides is 2. The van der Waals surface area contributed by atoms with Crippen LogP contribution in [0.3, 0.4) is 0 Å². The maximum Gasteiger partial charge on any atom is 0.325 e. The first kappa shape index (κ1) is 19.3. The van der Waals surface area contributed by atoms with Gasteiger partial charge in [-0.2, -0.15) is 5.26 Å². The van der Waals surface area contributed by atoms with Crippen LogP contribution in [0.1, 0.15) is 18.1 Å². The molecule has 0 N–H and O–H groups in total. The third-order valence-corrected chi connectivity index (χ3v) is 7.04. The van der Waals surface area contributed by atoms with Gasteiger partial charge in [0.1, 0.15) is 5.75 Å². The number of benzene rings is 2. The molecule has 0 aliphatic carbocycles. The summed E-state index contributed by atoms with van der Waals surface area (Å²) in [5.74, 6) is 0.626. The van der Waals surface area contributed by atoms with Crippen molar-refractivity contribution in [3.8, 4) is 11.8 Å². The normalized spacial score (nSPS) is 22.4. The van der Waals surface area contributed by atoms with E-state index in [-0.39, 0.29) is 17.5 Å². The van der Waals surface area contributed by atoms with E-state index in [1.54, 1.807) is 58.3 Å². The zero-order valence-electron chi connectivity index (χ0n) is 16.0. The molecule has 2 aliphatic rings. The minimum Gasteiger partial charge on any atom is -0.494 e. The van der Waals surface area contributed by atoms with Gasteiger partial charge in [-0.15, -0.1) is 0 Å². The molecule has 2 heterocycles. The predicted molar refractivity (Wildman–Crippen MR) is 108 cm³/mol. The van der Waals surface area contributed by atoms with Crippen molar-refractivity contribution in [3.05, 3.63) is 59.7 Å². The summed E-state index contributed by atoms with van der Waals surface area (Å²) in [6.07, 6.45) is 0. The van der Waals surface area contributed by atoms with Gasteiger partial charge >= 0.3 is 6.03 Å². The number of carbonyl (C=O) groups is 1. The van der Waals surface area contributed by atoms with Crippen LogP contribution in [0.5, 0.6) is 5.75 Å². The summed E-state index contributed by atoms with van der Waals surface area (Å²) in [6, 6.07) is 15.2. The van der Waals surface area contributed by atoms with Crippen molar-refractivity contribution in [3.63, 3.8) is 0 Å². The number of urea groups is 1. The molecule has 2 amide bonds. The van der Waals surface area contributed by atoms with Crippen LogP contribution < -0.4 is 9.64 Å². The molecule has 8 heteroatoms. The molecule has 0 saturated carbocycles. The van der Waals surface area contributed by atoms with Crippen LogP contribution in [-0.2, 0) is 16.4 Å². The molecule has 0 unspecified atom stereocenters. The molecule has 2 atom stereocenters. The maximum atomic E-state index is 13.2. The number of rotatable bonds is 5. The van der Waals surface area contributed by atoms with E-state index in [0.29, 0.717) is 30.2 Å². The Labute approximate surface area is 170 Å². The van der Waals surface area contributed by atoms with Gasteiger partial charge in [-0.1, -0.05) is 12.1 Å². The molecule has 2 aromatic carbocycles. The molecule has 29 heavy (non-hydrogen) atoms.